The van der Waals surface area contributed by atoms with Gasteiger partial charge in [0.05, 0.1) is 6.54 Å². The van der Waals surface area contributed by atoms with Gasteiger partial charge in [-0.05, 0) is 11.6 Å². The standard InChI is InChI=1S/C19H27ClN4O2/c1-2-8-21-19(26)15-24-12-10-23(11-13-24)9-7-18(25)22-14-16-5-3-4-6-17(16)20/h2-6H,1,7-15H2,(H,21,26)(H,22,25). The second-order valence-corrected chi connectivity index (χ2v) is 6.74. The molecule has 1 aromatic rings. The van der Waals surface area contributed by atoms with E-state index in [1.54, 1.807) is 6.08 Å². The fourth-order valence-electron chi connectivity index (χ4n) is 2.80. The number of rotatable bonds is 9. The smallest absolute Gasteiger partial charge is 0.234 e. The molecule has 0 aliphatic carbocycles. The van der Waals surface area contributed by atoms with E-state index in [0.717, 1.165) is 38.3 Å². The highest BCUT2D eigenvalue weighted by molar-refractivity contribution is 6.31. The lowest BCUT2D eigenvalue weighted by Crippen LogP contribution is -2.50. The number of carbonyl (C=O) groups is 2. The van der Waals surface area contributed by atoms with Gasteiger partial charge in [-0.1, -0.05) is 35.9 Å². The van der Waals surface area contributed by atoms with Crippen molar-refractivity contribution in [3.8, 4) is 0 Å². The Morgan fingerprint density at radius 3 is 2.46 bits per heavy atom. The summed E-state index contributed by atoms with van der Waals surface area (Å²) >= 11 is 6.09. The van der Waals surface area contributed by atoms with Crippen LogP contribution in [0.15, 0.2) is 36.9 Å². The number of hydrogen-bond acceptors (Lipinski definition) is 4. The van der Waals surface area contributed by atoms with Crippen molar-refractivity contribution < 1.29 is 9.59 Å². The average Bonchev–Trinajstić information content (AvgIpc) is 2.65. The van der Waals surface area contributed by atoms with Gasteiger partial charge in [-0.2, -0.15) is 0 Å². The predicted octanol–water partition coefficient (Wildman–Crippen LogP) is 1.27. The third-order valence-electron chi connectivity index (χ3n) is 4.36. The van der Waals surface area contributed by atoms with E-state index in [-0.39, 0.29) is 11.8 Å². The van der Waals surface area contributed by atoms with Gasteiger partial charge in [-0.25, -0.2) is 0 Å². The van der Waals surface area contributed by atoms with Crippen LogP contribution in [-0.2, 0) is 16.1 Å². The van der Waals surface area contributed by atoms with Crippen molar-refractivity contribution in [3.63, 3.8) is 0 Å². The average molecular weight is 379 g/mol. The molecule has 2 rings (SSSR count). The lowest BCUT2D eigenvalue weighted by Gasteiger charge is -2.34. The first-order valence-corrected chi connectivity index (χ1v) is 9.28. The van der Waals surface area contributed by atoms with E-state index in [1.807, 2.05) is 24.3 Å². The van der Waals surface area contributed by atoms with Crippen LogP contribution in [0.4, 0.5) is 0 Å². The van der Waals surface area contributed by atoms with E-state index in [9.17, 15) is 9.59 Å². The summed E-state index contributed by atoms with van der Waals surface area (Å²) < 4.78 is 0. The summed E-state index contributed by atoms with van der Waals surface area (Å²) in [4.78, 5) is 28.1. The summed E-state index contributed by atoms with van der Waals surface area (Å²) in [6.07, 6.45) is 2.14. The molecular weight excluding hydrogens is 352 g/mol. The van der Waals surface area contributed by atoms with Gasteiger partial charge in [0.25, 0.3) is 0 Å². The summed E-state index contributed by atoms with van der Waals surface area (Å²) in [6, 6.07) is 7.51. The van der Waals surface area contributed by atoms with Crippen LogP contribution in [0.3, 0.4) is 0 Å². The zero-order valence-electron chi connectivity index (χ0n) is 15.0. The number of amides is 2. The Bertz CT molecular complexity index is 615. The summed E-state index contributed by atoms with van der Waals surface area (Å²) in [6.45, 7) is 9.09. The molecule has 2 amide bonds. The van der Waals surface area contributed by atoms with Crippen molar-refractivity contribution in [3.05, 3.63) is 47.5 Å². The van der Waals surface area contributed by atoms with Crippen LogP contribution in [0.2, 0.25) is 5.02 Å². The van der Waals surface area contributed by atoms with Crippen LogP contribution >= 0.6 is 11.6 Å². The Kier molecular flexibility index (Phi) is 8.61. The van der Waals surface area contributed by atoms with Crippen molar-refractivity contribution in [2.75, 3.05) is 45.8 Å². The van der Waals surface area contributed by atoms with Gasteiger partial charge >= 0.3 is 0 Å². The number of hydrogen-bond donors (Lipinski definition) is 2. The fraction of sp³-hybridized carbons (Fsp3) is 0.474. The zero-order chi connectivity index (χ0) is 18.8. The summed E-state index contributed by atoms with van der Waals surface area (Å²) in [5.74, 6) is 0.0495. The molecule has 0 unspecified atom stereocenters. The molecule has 1 heterocycles. The van der Waals surface area contributed by atoms with Gasteiger partial charge in [0.1, 0.15) is 0 Å². The van der Waals surface area contributed by atoms with E-state index in [2.05, 4.69) is 27.0 Å². The van der Waals surface area contributed by atoms with Crippen LogP contribution in [0.1, 0.15) is 12.0 Å². The minimum Gasteiger partial charge on any atom is -0.352 e. The molecule has 0 spiro atoms. The Labute approximate surface area is 160 Å². The second kappa shape index (κ2) is 11.0. The maximum atomic E-state index is 12.0. The third-order valence-corrected chi connectivity index (χ3v) is 4.73. The zero-order valence-corrected chi connectivity index (χ0v) is 15.8. The van der Waals surface area contributed by atoms with Gasteiger partial charge in [-0.15, -0.1) is 6.58 Å². The first-order valence-electron chi connectivity index (χ1n) is 8.91. The Morgan fingerprint density at radius 1 is 1.08 bits per heavy atom. The first-order chi connectivity index (χ1) is 12.6. The van der Waals surface area contributed by atoms with Crippen molar-refractivity contribution in [2.24, 2.45) is 0 Å². The predicted molar refractivity (Wildman–Crippen MR) is 104 cm³/mol. The molecule has 1 saturated heterocycles. The molecule has 0 bridgehead atoms. The maximum absolute atomic E-state index is 12.0. The van der Waals surface area contributed by atoms with E-state index in [1.165, 1.54) is 0 Å². The van der Waals surface area contributed by atoms with E-state index >= 15 is 0 Å². The molecule has 142 valence electrons. The molecule has 2 N–H and O–H groups in total. The number of halogens is 1. The number of nitrogens with one attached hydrogen (secondary N) is 2. The largest absolute Gasteiger partial charge is 0.352 e. The van der Waals surface area contributed by atoms with E-state index < -0.39 is 0 Å². The van der Waals surface area contributed by atoms with Crippen LogP contribution in [0.25, 0.3) is 0 Å². The summed E-state index contributed by atoms with van der Waals surface area (Å²) in [5, 5.41) is 6.37. The summed E-state index contributed by atoms with van der Waals surface area (Å²) in [5.41, 5.74) is 0.922. The van der Waals surface area contributed by atoms with E-state index in [0.29, 0.717) is 31.1 Å². The summed E-state index contributed by atoms with van der Waals surface area (Å²) in [7, 11) is 0. The minimum atomic E-state index is 0.0242. The van der Waals surface area contributed by atoms with Crippen LogP contribution < -0.4 is 10.6 Å². The molecule has 7 heteroatoms. The van der Waals surface area contributed by atoms with Crippen molar-refractivity contribution in [2.45, 2.75) is 13.0 Å². The van der Waals surface area contributed by atoms with Crippen LogP contribution in [0.5, 0.6) is 0 Å². The molecule has 1 aliphatic heterocycles. The normalized spacial score (nSPS) is 15.4. The van der Waals surface area contributed by atoms with Crippen LogP contribution in [-0.4, -0.2) is 67.4 Å². The van der Waals surface area contributed by atoms with Gasteiger partial charge in [0.2, 0.25) is 11.8 Å². The Hall–Kier alpha value is -1.89. The highest BCUT2D eigenvalue weighted by Gasteiger charge is 2.19. The lowest BCUT2D eigenvalue weighted by molar-refractivity contribution is -0.122. The van der Waals surface area contributed by atoms with Gasteiger partial charge < -0.3 is 15.5 Å². The van der Waals surface area contributed by atoms with Crippen molar-refractivity contribution in [1.29, 1.82) is 0 Å². The first kappa shape index (κ1) is 20.4. The molecule has 6 nitrogen and oxygen atoms in total. The molecule has 1 aliphatic rings. The third kappa shape index (κ3) is 7.15. The number of carbonyl (C=O) groups excluding carboxylic acids is 2. The minimum absolute atomic E-state index is 0.0242. The Morgan fingerprint density at radius 2 is 1.77 bits per heavy atom. The molecule has 0 radical (unpaired) electrons. The van der Waals surface area contributed by atoms with Crippen molar-refractivity contribution in [1.82, 2.24) is 20.4 Å². The topological polar surface area (TPSA) is 64.7 Å². The molecule has 26 heavy (non-hydrogen) atoms. The van der Waals surface area contributed by atoms with Crippen LogP contribution in [0, 0.1) is 0 Å². The maximum Gasteiger partial charge on any atom is 0.234 e. The quantitative estimate of drug-likeness (QED) is 0.635. The number of nitrogens with zero attached hydrogens (tertiary/aromatic N) is 2. The van der Waals surface area contributed by atoms with Gasteiger partial charge in [0, 0.05) is 57.3 Å². The lowest BCUT2D eigenvalue weighted by atomic mass is 10.2. The Balaban J connectivity index is 1.60. The molecule has 1 fully saturated rings. The highest BCUT2D eigenvalue weighted by atomic mass is 35.5. The second-order valence-electron chi connectivity index (χ2n) is 6.33. The SMILES string of the molecule is C=CCNC(=O)CN1CCN(CCC(=O)NCc2ccccc2Cl)CC1. The number of benzene rings is 1. The molecule has 1 aromatic carbocycles. The van der Waals surface area contributed by atoms with Crippen molar-refractivity contribution >= 4 is 23.4 Å². The molecule has 0 aromatic heterocycles. The fourth-order valence-corrected chi connectivity index (χ4v) is 3.00. The number of piperazine rings is 1. The monoisotopic (exact) mass is 378 g/mol. The highest BCUT2D eigenvalue weighted by Crippen LogP contribution is 2.14. The molecule has 0 saturated carbocycles. The molecule has 0 atom stereocenters. The van der Waals surface area contributed by atoms with E-state index in [4.69, 9.17) is 11.6 Å². The van der Waals surface area contributed by atoms with Gasteiger partial charge in [0.15, 0.2) is 0 Å². The van der Waals surface area contributed by atoms with Gasteiger partial charge in [-0.3, -0.25) is 14.5 Å². The molecular formula is C19H27ClN4O2.